The first-order valence-electron chi connectivity index (χ1n) is 6.40. The molecule has 1 aromatic carbocycles. The molecule has 1 N–H and O–H groups in total. The van der Waals surface area contributed by atoms with Crippen LogP contribution in [0.4, 0.5) is 4.39 Å². The number of halogens is 1. The minimum Gasteiger partial charge on any atom is -0.490 e. The first-order valence-corrected chi connectivity index (χ1v) is 6.40. The van der Waals surface area contributed by atoms with Crippen LogP contribution in [-0.4, -0.2) is 17.7 Å². The maximum absolute atomic E-state index is 13.7. The number of carbonyl (C=O) groups is 1. The lowest BCUT2D eigenvalue weighted by atomic mass is 10.1. The molecule has 19 heavy (non-hydrogen) atoms. The van der Waals surface area contributed by atoms with Gasteiger partial charge >= 0.3 is 5.97 Å². The SMILES string of the molecule is CCC(CC)COc1c(F)cccc1/C=C/C(=O)O. The number of carboxylic acids is 1. The lowest BCUT2D eigenvalue weighted by molar-refractivity contribution is -0.131. The third-order valence-corrected chi connectivity index (χ3v) is 3.02. The summed E-state index contributed by atoms with van der Waals surface area (Å²) in [5, 5.41) is 8.61. The highest BCUT2D eigenvalue weighted by molar-refractivity contribution is 5.85. The number of rotatable bonds is 7. The summed E-state index contributed by atoms with van der Waals surface area (Å²) >= 11 is 0. The van der Waals surface area contributed by atoms with Crippen LogP contribution in [-0.2, 0) is 4.79 Å². The van der Waals surface area contributed by atoms with E-state index in [0.717, 1.165) is 18.9 Å². The van der Waals surface area contributed by atoms with Crippen LogP contribution in [0.25, 0.3) is 6.08 Å². The number of para-hydroxylation sites is 1. The van der Waals surface area contributed by atoms with E-state index in [1.165, 1.54) is 18.2 Å². The third kappa shape index (κ3) is 4.73. The van der Waals surface area contributed by atoms with E-state index in [1.54, 1.807) is 6.07 Å². The molecule has 0 unspecified atom stereocenters. The Morgan fingerprint density at radius 1 is 1.42 bits per heavy atom. The molecule has 0 radical (unpaired) electrons. The molecule has 3 nitrogen and oxygen atoms in total. The number of aliphatic carboxylic acids is 1. The lowest BCUT2D eigenvalue weighted by Crippen LogP contribution is -2.11. The van der Waals surface area contributed by atoms with E-state index in [-0.39, 0.29) is 5.75 Å². The summed E-state index contributed by atoms with van der Waals surface area (Å²) in [5.74, 6) is -1.06. The fourth-order valence-corrected chi connectivity index (χ4v) is 1.70. The summed E-state index contributed by atoms with van der Waals surface area (Å²) in [6.07, 6.45) is 4.24. The van der Waals surface area contributed by atoms with Gasteiger partial charge in [-0.15, -0.1) is 0 Å². The van der Waals surface area contributed by atoms with Crippen molar-refractivity contribution in [3.63, 3.8) is 0 Å². The quantitative estimate of drug-likeness (QED) is 0.765. The monoisotopic (exact) mass is 266 g/mol. The van der Waals surface area contributed by atoms with Crippen molar-refractivity contribution in [3.05, 3.63) is 35.7 Å². The van der Waals surface area contributed by atoms with Crippen molar-refractivity contribution in [2.24, 2.45) is 5.92 Å². The summed E-state index contributed by atoms with van der Waals surface area (Å²) in [7, 11) is 0. The van der Waals surface area contributed by atoms with Crippen molar-refractivity contribution in [2.75, 3.05) is 6.61 Å². The lowest BCUT2D eigenvalue weighted by Gasteiger charge is -2.15. The van der Waals surface area contributed by atoms with E-state index in [9.17, 15) is 9.18 Å². The summed E-state index contributed by atoms with van der Waals surface area (Å²) in [4.78, 5) is 10.5. The van der Waals surface area contributed by atoms with Gasteiger partial charge in [0.2, 0.25) is 0 Å². The van der Waals surface area contributed by atoms with Gasteiger partial charge in [-0.05, 0) is 18.1 Å². The van der Waals surface area contributed by atoms with E-state index in [4.69, 9.17) is 9.84 Å². The molecule has 0 saturated carbocycles. The average Bonchev–Trinajstić information content (AvgIpc) is 2.39. The predicted octanol–water partition coefficient (Wildman–Crippen LogP) is 3.74. The molecule has 0 aliphatic carbocycles. The van der Waals surface area contributed by atoms with E-state index in [0.29, 0.717) is 18.1 Å². The number of carboxylic acid groups (broad SMARTS) is 1. The molecule has 1 rings (SSSR count). The van der Waals surface area contributed by atoms with Crippen LogP contribution in [0.1, 0.15) is 32.3 Å². The standard InChI is InChI=1S/C15H19FO3/c1-3-11(4-2)10-19-15-12(8-9-14(17)18)6-5-7-13(15)16/h5-9,11H,3-4,10H2,1-2H3,(H,17,18)/b9-8+. The zero-order chi connectivity index (χ0) is 14.3. The van der Waals surface area contributed by atoms with Gasteiger partial charge in [0.05, 0.1) is 6.61 Å². The Morgan fingerprint density at radius 2 is 2.11 bits per heavy atom. The summed E-state index contributed by atoms with van der Waals surface area (Å²) in [6.45, 7) is 4.55. The molecule has 1 aromatic rings. The highest BCUT2D eigenvalue weighted by Crippen LogP contribution is 2.25. The molecule has 0 aromatic heterocycles. The van der Waals surface area contributed by atoms with Crippen LogP contribution >= 0.6 is 0 Å². The summed E-state index contributed by atoms with van der Waals surface area (Å²) in [6, 6.07) is 4.46. The molecule has 0 fully saturated rings. The number of benzene rings is 1. The second-order valence-corrected chi connectivity index (χ2v) is 4.32. The normalized spacial score (nSPS) is 11.2. The van der Waals surface area contributed by atoms with Crippen LogP contribution in [0.2, 0.25) is 0 Å². The molecular weight excluding hydrogens is 247 g/mol. The zero-order valence-corrected chi connectivity index (χ0v) is 11.2. The topological polar surface area (TPSA) is 46.5 Å². The predicted molar refractivity (Wildman–Crippen MR) is 72.6 cm³/mol. The molecule has 0 spiro atoms. The minimum atomic E-state index is -1.07. The number of hydrogen-bond donors (Lipinski definition) is 1. The number of hydrogen-bond acceptors (Lipinski definition) is 2. The Hall–Kier alpha value is -1.84. The summed E-state index contributed by atoms with van der Waals surface area (Å²) in [5.41, 5.74) is 0.438. The molecule has 4 heteroatoms. The fourth-order valence-electron chi connectivity index (χ4n) is 1.70. The Labute approximate surface area is 112 Å². The van der Waals surface area contributed by atoms with Crippen molar-refractivity contribution < 1.29 is 19.0 Å². The van der Waals surface area contributed by atoms with Gasteiger partial charge in [-0.25, -0.2) is 9.18 Å². The van der Waals surface area contributed by atoms with Gasteiger partial charge in [0.1, 0.15) is 0 Å². The first kappa shape index (κ1) is 15.2. The smallest absolute Gasteiger partial charge is 0.328 e. The highest BCUT2D eigenvalue weighted by atomic mass is 19.1. The van der Waals surface area contributed by atoms with Crippen molar-refractivity contribution in [2.45, 2.75) is 26.7 Å². The Bertz CT molecular complexity index is 451. The van der Waals surface area contributed by atoms with Gasteiger partial charge in [0.25, 0.3) is 0 Å². The second kappa shape index (κ2) is 7.56. The van der Waals surface area contributed by atoms with Gasteiger partial charge in [0, 0.05) is 11.6 Å². The number of ether oxygens (including phenoxy) is 1. The largest absolute Gasteiger partial charge is 0.490 e. The Morgan fingerprint density at radius 3 is 2.68 bits per heavy atom. The van der Waals surface area contributed by atoms with E-state index < -0.39 is 11.8 Å². The van der Waals surface area contributed by atoms with E-state index in [2.05, 4.69) is 13.8 Å². The van der Waals surface area contributed by atoms with E-state index >= 15 is 0 Å². The molecule has 0 atom stereocenters. The van der Waals surface area contributed by atoms with Crippen LogP contribution in [0.5, 0.6) is 5.75 Å². The fraction of sp³-hybridized carbons (Fsp3) is 0.400. The average molecular weight is 266 g/mol. The minimum absolute atomic E-state index is 0.118. The maximum Gasteiger partial charge on any atom is 0.328 e. The van der Waals surface area contributed by atoms with Crippen LogP contribution < -0.4 is 4.74 Å². The van der Waals surface area contributed by atoms with Crippen molar-refractivity contribution >= 4 is 12.0 Å². The van der Waals surface area contributed by atoms with Crippen molar-refractivity contribution in [1.82, 2.24) is 0 Å². The van der Waals surface area contributed by atoms with Crippen LogP contribution in [0, 0.1) is 11.7 Å². The summed E-state index contributed by atoms with van der Waals surface area (Å²) < 4.78 is 19.3. The molecule has 0 amide bonds. The molecule has 0 aliphatic heterocycles. The highest BCUT2D eigenvalue weighted by Gasteiger charge is 2.11. The Balaban J connectivity index is 2.88. The molecule has 0 aliphatic rings. The zero-order valence-electron chi connectivity index (χ0n) is 11.2. The first-order chi connectivity index (χ1) is 9.08. The van der Waals surface area contributed by atoms with Crippen molar-refractivity contribution in [1.29, 1.82) is 0 Å². The molecule has 0 bridgehead atoms. The molecule has 0 saturated heterocycles. The maximum atomic E-state index is 13.7. The molecular formula is C15H19FO3. The van der Waals surface area contributed by atoms with Crippen molar-refractivity contribution in [3.8, 4) is 5.75 Å². The van der Waals surface area contributed by atoms with Gasteiger partial charge < -0.3 is 9.84 Å². The van der Waals surface area contributed by atoms with Crippen LogP contribution in [0.3, 0.4) is 0 Å². The van der Waals surface area contributed by atoms with Gasteiger partial charge in [-0.3, -0.25) is 0 Å². The Kier molecular flexibility index (Phi) is 6.06. The molecule has 0 heterocycles. The second-order valence-electron chi connectivity index (χ2n) is 4.32. The molecule has 104 valence electrons. The van der Waals surface area contributed by atoms with Crippen LogP contribution in [0.15, 0.2) is 24.3 Å². The van der Waals surface area contributed by atoms with Gasteiger partial charge in [0.15, 0.2) is 11.6 Å². The van der Waals surface area contributed by atoms with Gasteiger partial charge in [-0.1, -0.05) is 38.8 Å². The van der Waals surface area contributed by atoms with Gasteiger partial charge in [-0.2, -0.15) is 0 Å². The van der Waals surface area contributed by atoms with E-state index in [1.807, 2.05) is 0 Å². The third-order valence-electron chi connectivity index (χ3n) is 3.02.